The first kappa shape index (κ1) is 17.2. The predicted octanol–water partition coefficient (Wildman–Crippen LogP) is 0.192. The third-order valence-electron chi connectivity index (χ3n) is 5.68. The summed E-state index contributed by atoms with van der Waals surface area (Å²) < 4.78 is 23.0. The van der Waals surface area contributed by atoms with Gasteiger partial charge in [-0.05, 0) is 38.8 Å². The van der Waals surface area contributed by atoms with Crippen LogP contribution in [-0.4, -0.2) is 91.9 Å². The topological polar surface area (TPSA) is 60.9 Å². The molecule has 0 spiro atoms. The Morgan fingerprint density at radius 2 is 1.65 bits per heavy atom. The molecule has 7 heteroatoms. The summed E-state index contributed by atoms with van der Waals surface area (Å²) in [6, 6.07) is 0.881. The number of sulfone groups is 1. The first-order valence-corrected chi connectivity index (χ1v) is 10.8. The van der Waals surface area contributed by atoms with Crippen molar-refractivity contribution in [1.29, 1.82) is 0 Å². The molecule has 6 nitrogen and oxygen atoms in total. The minimum absolute atomic E-state index is 0.190. The Labute approximate surface area is 139 Å². The Balaban J connectivity index is 1.58. The monoisotopic (exact) mass is 343 g/mol. The molecule has 3 rings (SSSR count). The zero-order valence-corrected chi connectivity index (χ0v) is 14.9. The standard InChI is InChI=1S/C16H29N3O3S/c1-2-18-7-3-5-14(18)15-6-4-8-19(15)16(20)13-17-9-11-23(21,22)12-10-17/h14-15H,2-13H2,1H3. The molecule has 0 radical (unpaired) electrons. The van der Waals surface area contributed by atoms with Gasteiger partial charge in [0.15, 0.2) is 9.84 Å². The maximum atomic E-state index is 12.8. The molecule has 132 valence electrons. The molecule has 23 heavy (non-hydrogen) atoms. The first-order valence-electron chi connectivity index (χ1n) is 8.96. The van der Waals surface area contributed by atoms with Gasteiger partial charge in [0.05, 0.1) is 18.1 Å². The van der Waals surface area contributed by atoms with Crippen LogP contribution in [0.4, 0.5) is 0 Å². The lowest BCUT2D eigenvalue weighted by Crippen LogP contribution is -2.52. The molecule has 2 atom stereocenters. The van der Waals surface area contributed by atoms with Crippen molar-refractivity contribution in [3.05, 3.63) is 0 Å². The largest absolute Gasteiger partial charge is 0.337 e. The second-order valence-electron chi connectivity index (χ2n) is 7.06. The number of rotatable bonds is 4. The fourth-order valence-electron chi connectivity index (χ4n) is 4.37. The zero-order chi connectivity index (χ0) is 16.4. The van der Waals surface area contributed by atoms with E-state index in [1.165, 1.54) is 12.8 Å². The first-order chi connectivity index (χ1) is 11.0. The maximum absolute atomic E-state index is 12.8. The van der Waals surface area contributed by atoms with Crippen LogP contribution < -0.4 is 0 Å². The summed E-state index contributed by atoms with van der Waals surface area (Å²) in [5.74, 6) is 0.570. The van der Waals surface area contributed by atoms with E-state index in [9.17, 15) is 13.2 Å². The Morgan fingerprint density at radius 3 is 2.35 bits per heavy atom. The van der Waals surface area contributed by atoms with E-state index in [-0.39, 0.29) is 17.4 Å². The number of carbonyl (C=O) groups is 1. The Morgan fingerprint density at radius 1 is 1.00 bits per heavy atom. The Hall–Kier alpha value is -0.660. The van der Waals surface area contributed by atoms with E-state index in [4.69, 9.17) is 0 Å². The molecule has 0 saturated carbocycles. The van der Waals surface area contributed by atoms with Gasteiger partial charge in [-0.15, -0.1) is 0 Å². The van der Waals surface area contributed by atoms with Crippen molar-refractivity contribution in [3.63, 3.8) is 0 Å². The second-order valence-corrected chi connectivity index (χ2v) is 9.37. The lowest BCUT2D eigenvalue weighted by atomic mass is 10.0. The highest BCUT2D eigenvalue weighted by molar-refractivity contribution is 7.91. The van der Waals surface area contributed by atoms with E-state index in [2.05, 4.69) is 16.7 Å². The summed E-state index contributed by atoms with van der Waals surface area (Å²) in [4.78, 5) is 19.4. The fraction of sp³-hybridized carbons (Fsp3) is 0.938. The van der Waals surface area contributed by atoms with Crippen LogP contribution >= 0.6 is 0 Å². The van der Waals surface area contributed by atoms with Gasteiger partial charge in [-0.3, -0.25) is 14.6 Å². The fourth-order valence-corrected chi connectivity index (χ4v) is 5.65. The van der Waals surface area contributed by atoms with Crippen molar-refractivity contribution in [2.75, 3.05) is 50.8 Å². The van der Waals surface area contributed by atoms with Gasteiger partial charge in [0.1, 0.15) is 0 Å². The lowest BCUT2D eigenvalue weighted by Gasteiger charge is -2.36. The number of likely N-dealkylation sites (tertiary alicyclic amines) is 2. The van der Waals surface area contributed by atoms with E-state index in [0.29, 0.717) is 31.7 Å². The van der Waals surface area contributed by atoms with Gasteiger partial charge in [-0.1, -0.05) is 6.92 Å². The predicted molar refractivity (Wildman–Crippen MR) is 90.1 cm³/mol. The van der Waals surface area contributed by atoms with Crippen LogP contribution in [0.2, 0.25) is 0 Å². The third-order valence-corrected chi connectivity index (χ3v) is 7.29. The van der Waals surface area contributed by atoms with Gasteiger partial charge in [0.2, 0.25) is 5.91 Å². The lowest BCUT2D eigenvalue weighted by molar-refractivity contribution is -0.134. The second kappa shape index (κ2) is 7.07. The highest BCUT2D eigenvalue weighted by Crippen LogP contribution is 2.30. The molecule has 0 aromatic carbocycles. The molecular formula is C16H29N3O3S. The number of carbonyl (C=O) groups excluding carboxylic acids is 1. The van der Waals surface area contributed by atoms with Crippen LogP contribution in [0, 0.1) is 0 Å². The van der Waals surface area contributed by atoms with Gasteiger partial charge >= 0.3 is 0 Å². The van der Waals surface area contributed by atoms with Gasteiger partial charge in [0, 0.05) is 31.7 Å². The van der Waals surface area contributed by atoms with Gasteiger partial charge in [-0.2, -0.15) is 0 Å². The van der Waals surface area contributed by atoms with Crippen molar-refractivity contribution in [1.82, 2.24) is 14.7 Å². The van der Waals surface area contributed by atoms with E-state index in [1.807, 2.05) is 4.90 Å². The normalized spacial score (nSPS) is 32.5. The molecule has 0 N–H and O–H groups in total. The van der Waals surface area contributed by atoms with Gasteiger partial charge in [-0.25, -0.2) is 8.42 Å². The third kappa shape index (κ3) is 3.88. The molecule has 0 aliphatic carbocycles. The maximum Gasteiger partial charge on any atom is 0.237 e. The smallest absolute Gasteiger partial charge is 0.237 e. The Kier molecular flexibility index (Phi) is 5.28. The van der Waals surface area contributed by atoms with E-state index in [1.54, 1.807) is 0 Å². The summed E-state index contributed by atoms with van der Waals surface area (Å²) in [6.45, 7) is 6.66. The van der Waals surface area contributed by atoms with E-state index >= 15 is 0 Å². The SMILES string of the molecule is CCN1CCCC1C1CCCN1C(=O)CN1CCS(=O)(=O)CC1. The highest BCUT2D eigenvalue weighted by atomic mass is 32.2. The quantitative estimate of drug-likeness (QED) is 0.729. The van der Waals surface area contributed by atoms with Crippen molar-refractivity contribution in [2.24, 2.45) is 0 Å². The summed E-state index contributed by atoms with van der Waals surface area (Å²) >= 11 is 0. The van der Waals surface area contributed by atoms with Crippen LogP contribution in [0.5, 0.6) is 0 Å². The number of hydrogen-bond acceptors (Lipinski definition) is 5. The summed E-state index contributed by atoms with van der Waals surface area (Å²) in [6.07, 6.45) is 4.64. The van der Waals surface area contributed by atoms with Crippen molar-refractivity contribution < 1.29 is 13.2 Å². The summed E-state index contributed by atoms with van der Waals surface area (Å²) in [5, 5.41) is 0. The summed E-state index contributed by atoms with van der Waals surface area (Å²) in [7, 11) is -2.88. The minimum Gasteiger partial charge on any atom is -0.337 e. The van der Waals surface area contributed by atoms with Crippen molar-refractivity contribution >= 4 is 15.7 Å². The number of hydrogen-bond donors (Lipinski definition) is 0. The highest BCUT2D eigenvalue weighted by Gasteiger charge is 2.39. The average molecular weight is 343 g/mol. The van der Waals surface area contributed by atoms with Crippen LogP contribution in [0.25, 0.3) is 0 Å². The van der Waals surface area contributed by atoms with Crippen molar-refractivity contribution in [2.45, 2.75) is 44.7 Å². The van der Waals surface area contributed by atoms with Gasteiger partial charge < -0.3 is 4.90 Å². The molecule has 0 aromatic heterocycles. The molecule has 3 aliphatic rings. The summed E-state index contributed by atoms with van der Waals surface area (Å²) in [5.41, 5.74) is 0. The zero-order valence-electron chi connectivity index (χ0n) is 14.1. The minimum atomic E-state index is -2.88. The molecule has 3 saturated heterocycles. The molecule has 3 heterocycles. The van der Waals surface area contributed by atoms with Crippen molar-refractivity contribution in [3.8, 4) is 0 Å². The molecule has 0 bridgehead atoms. The number of likely N-dealkylation sites (N-methyl/N-ethyl adjacent to an activating group) is 1. The van der Waals surface area contributed by atoms with Crippen LogP contribution in [0.3, 0.4) is 0 Å². The molecular weight excluding hydrogens is 314 g/mol. The molecule has 3 fully saturated rings. The van der Waals surface area contributed by atoms with Gasteiger partial charge in [0.25, 0.3) is 0 Å². The molecule has 1 amide bonds. The number of amides is 1. The number of nitrogens with zero attached hydrogens (tertiary/aromatic N) is 3. The molecule has 2 unspecified atom stereocenters. The molecule has 0 aromatic rings. The van der Waals surface area contributed by atoms with Crippen LogP contribution in [-0.2, 0) is 14.6 Å². The van der Waals surface area contributed by atoms with E-state index in [0.717, 1.165) is 32.5 Å². The van der Waals surface area contributed by atoms with E-state index < -0.39 is 9.84 Å². The Bertz CT molecular complexity index is 523. The molecule has 3 aliphatic heterocycles. The van der Waals surface area contributed by atoms with Crippen LogP contribution in [0.15, 0.2) is 0 Å². The average Bonchev–Trinajstić information content (AvgIpc) is 3.16. The van der Waals surface area contributed by atoms with Crippen LogP contribution in [0.1, 0.15) is 32.6 Å².